The van der Waals surface area contributed by atoms with Gasteiger partial charge in [0.05, 0.1) is 5.56 Å². The maximum atomic E-state index is 13.1. The van der Waals surface area contributed by atoms with Crippen molar-refractivity contribution in [3.8, 4) is 11.1 Å². The van der Waals surface area contributed by atoms with Gasteiger partial charge in [-0.2, -0.15) is 0 Å². The summed E-state index contributed by atoms with van der Waals surface area (Å²) in [6.45, 7) is 2.59. The first-order valence-electron chi connectivity index (χ1n) is 5.31. The molecule has 1 heterocycles. The number of carbonyl (C=O) groups is 1. The summed E-state index contributed by atoms with van der Waals surface area (Å²) in [4.78, 5) is 11.1. The fourth-order valence-corrected chi connectivity index (χ4v) is 1.75. The highest BCUT2D eigenvalue weighted by atomic mass is 19.1. The number of aromatic carboxylic acids is 1. The van der Waals surface area contributed by atoms with Crippen LogP contribution in [0.3, 0.4) is 0 Å². The Morgan fingerprint density at radius 3 is 2.76 bits per heavy atom. The smallest absolute Gasteiger partial charge is 0.337 e. The topological polar surface area (TPSA) is 42.2 Å². The Hall–Kier alpha value is -2.10. The fourth-order valence-electron chi connectivity index (χ4n) is 1.75. The highest BCUT2D eigenvalue weighted by Crippen LogP contribution is 2.25. The van der Waals surface area contributed by atoms with Gasteiger partial charge in [0.15, 0.2) is 0 Å². The summed E-state index contributed by atoms with van der Waals surface area (Å²) in [6.07, 6.45) is 3.28. The molecule has 0 bridgehead atoms. The van der Waals surface area contributed by atoms with Crippen molar-refractivity contribution in [2.24, 2.45) is 0 Å². The lowest BCUT2D eigenvalue weighted by Gasteiger charge is -2.00. The first kappa shape index (κ1) is 11.4. The van der Waals surface area contributed by atoms with E-state index in [0.29, 0.717) is 17.7 Å². The number of nitrogens with zero attached hydrogens (tertiary/aromatic N) is 1. The van der Waals surface area contributed by atoms with Gasteiger partial charge < -0.3 is 9.67 Å². The quantitative estimate of drug-likeness (QED) is 0.885. The standard InChI is InChI=1S/C13H12FNO2/c1-2-15-7-11(12(8-15)13(16)17)9-4-3-5-10(14)6-9/h3-8H,2H2,1H3,(H,16,17). The van der Waals surface area contributed by atoms with Crippen molar-refractivity contribution in [3.05, 3.63) is 48.0 Å². The van der Waals surface area contributed by atoms with Gasteiger partial charge in [0.25, 0.3) is 0 Å². The van der Waals surface area contributed by atoms with Crippen LogP contribution in [0.15, 0.2) is 36.7 Å². The van der Waals surface area contributed by atoms with Gasteiger partial charge in [-0.05, 0) is 24.6 Å². The van der Waals surface area contributed by atoms with Crippen molar-refractivity contribution in [1.82, 2.24) is 4.57 Å². The number of aryl methyl sites for hydroxylation is 1. The summed E-state index contributed by atoms with van der Waals surface area (Å²) >= 11 is 0. The Bertz CT molecular complexity index is 560. The minimum Gasteiger partial charge on any atom is -0.478 e. The van der Waals surface area contributed by atoms with Gasteiger partial charge in [0.1, 0.15) is 5.82 Å². The summed E-state index contributed by atoms with van der Waals surface area (Å²) in [5.41, 5.74) is 1.31. The highest BCUT2D eigenvalue weighted by Gasteiger charge is 2.14. The van der Waals surface area contributed by atoms with Crippen molar-refractivity contribution < 1.29 is 14.3 Å². The lowest BCUT2D eigenvalue weighted by atomic mass is 10.0. The monoisotopic (exact) mass is 233 g/mol. The van der Waals surface area contributed by atoms with Gasteiger partial charge in [-0.1, -0.05) is 12.1 Å². The molecule has 4 heteroatoms. The van der Waals surface area contributed by atoms with E-state index in [9.17, 15) is 9.18 Å². The Balaban J connectivity index is 2.57. The molecule has 0 aliphatic heterocycles. The number of carboxylic acid groups (broad SMARTS) is 1. The zero-order valence-electron chi connectivity index (χ0n) is 9.35. The number of carboxylic acids is 1. The van der Waals surface area contributed by atoms with E-state index in [2.05, 4.69) is 0 Å². The Kier molecular flexibility index (Phi) is 2.95. The van der Waals surface area contributed by atoms with Gasteiger partial charge >= 0.3 is 5.97 Å². The second-order valence-corrected chi connectivity index (χ2v) is 3.73. The molecule has 2 aromatic rings. The average molecular weight is 233 g/mol. The van der Waals surface area contributed by atoms with E-state index in [-0.39, 0.29) is 11.4 Å². The third-order valence-corrected chi connectivity index (χ3v) is 2.61. The Morgan fingerprint density at radius 1 is 1.41 bits per heavy atom. The van der Waals surface area contributed by atoms with Crippen molar-refractivity contribution in [2.75, 3.05) is 0 Å². The number of hydrogen-bond acceptors (Lipinski definition) is 1. The van der Waals surface area contributed by atoms with Gasteiger partial charge in [0, 0.05) is 24.5 Å². The van der Waals surface area contributed by atoms with Crippen LogP contribution in [0.5, 0.6) is 0 Å². The predicted octanol–water partition coefficient (Wildman–Crippen LogP) is 3.01. The zero-order valence-corrected chi connectivity index (χ0v) is 9.35. The third-order valence-electron chi connectivity index (χ3n) is 2.61. The second-order valence-electron chi connectivity index (χ2n) is 3.73. The van der Waals surface area contributed by atoms with E-state index in [4.69, 9.17) is 5.11 Å². The molecule has 1 aromatic heterocycles. The second kappa shape index (κ2) is 4.41. The molecule has 2 rings (SSSR count). The summed E-state index contributed by atoms with van der Waals surface area (Å²) < 4.78 is 14.9. The van der Waals surface area contributed by atoms with Crippen LogP contribution in [-0.4, -0.2) is 15.6 Å². The molecule has 0 spiro atoms. The van der Waals surface area contributed by atoms with Crippen molar-refractivity contribution in [1.29, 1.82) is 0 Å². The number of benzene rings is 1. The minimum absolute atomic E-state index is 0.192. The molecular formula is C13H12FNO2. The van der Waals surface area contributed by atoms with E-state index in [0.717, 1.165) is 0 Å². The van der Waals surface area contributed by atoms with E-state index in [1.165, 1.54) is 12.1 Å². The number of hydrogen-bond donors (Lipinski definition) is 1. The van der Waals surface area contributed by atoms with Crippen LogP contribution in [0.2, 0.25) is 0 Å². The van der Waals surface area contributed by atoms with Crippen LogP contribution in [-0.2, 0) is 6.54 Å². The molecule has 3 nitrogen and oxygen atoms in total. The molecule has 0 saturated heterocycles. The predicted molar refractivity (Wildman–Crippen MR) is 62.5 cm³/mol. The number of rotatable bonds is 3. The average Bonchev–Trinajstić information content (AvgIpc) is 2.73. The third kappa shape index (κ3) is 2.20. The molecule has 0 aliphatic rings. The Morgan fingerprint density at radius 2 is 2.18 bits per heavy atom. The first-order valence-corrected chi connectivity index (χ1v) is 5.31. The molecule has 0 aliphatic carbocycles. The van der Waals surface area contributed by atoms with E-state index >= 15 is 0 Å². The lowest BCUT2D eigenvalue weighted by molar-refractivity contribution is 0.0697. The van der Waals surface area contributed by atoms with E-state index in [1.807, 2.05) is 6.92 Å². The molecular weight excluding hydrogens is 221 g/mol. The molecule has 17 heavy (non-hydrogen) atoms. The van der Waals surface area contributed by atoms with Crippen LogP contribution in [0.1, 0.15) is 17.3 Å². The molecule has 0 saturated carbocycles. The highest BCUT2D eigenvalue weighted by molar-refractivity contribution is 5.95. The molecule has 88 valence electrons. The maximum absolute atomic E-state index is 13.1. The van der Waals surface area contributed by atoms with Crippen LogP contribution in [0.25, 0.3) is 11.1 Å². The largest absolute Gasteiger partial charge is 0.478 e. The summed E-state index contributed by atoms with van der Waals surface area (Å²) in [6, 6.07) is 5.94. The normalized spacial score (nSPS) is 10.5. The van der Waals surface area contributed by atoms with Gasteiger partial charge in [0.2, 0.25) is 0 Å². The zero-order chi connectivity index (χ0) is 12.4. The van der Waals surface area contributed by atoms with Crippen LogP contribution in [0, 0.1) is 5.82 Å². The maximum Gasteiger partial charge on any atom is 0.337 e. The van der Waals surface area contributed by atoms with E-state index in [1.54, 1.807) is 29.1 Å². The van der Waals surface area contributed by atoms with Crippen molar-refractivity contribution >= 4 is 5.97 Å². The van der Waals surface area contributed by atoms with Crippen LogP contribution >= 0.6 is 0 Å². The first-order chi connectivity index (χ1) is 8.11. The summed E-state index contributed by atoms with van der Waals surface area (Å²) in [5.74, 6) is -1.38. The molecule has 0 amide bonds. The van der Waals surface area contributed by atoms with Gasteiger partial charge in [-0.3, -0.25) is 0 Å². The van der Waals surface area contributed by atoms with Crippen molar-refractivity contribution in [3.63, 3.8) is 0 Å². The van der Waals surface area contributed by atoms with Crippen LogP contribution < -0.4 is 0 Å². The SMILES string of the molecule is CCn1cc(C(=O)O)c(-c2cccc(F)c2)c1. The summed E-state index contributed by atoms with van der Waals surface area (Å²) in [7, 11) is 0. The molecule has 0 fully saturated rings. The molecule has 0 radical (unpaired) electrons. The van der Waals surface area contributed by atoms with Gasteiger partial charge in [-0.15, -0.1) is 0 Å². The van der Waals surface area contributed by atoms with E-state index < -0.39 is 5.97 Å². The molecule has 1 aromatic carbocycles. The van der Waals surface area contributed by atoms with Crippen LogP contribution in [0.4, 0.5) is 4.39 Å². The molecule has 1 N–H and O–H groups in total. The van der Waals surface area contributed by atoms with Crippen molar-refractivity contribution in [2.45, 2.75) is 13.5 Å². The molecule has 0 unspecified atom stereocenters. The number of halogens is 1. The minimum atomic E-state index is -1.00. The Labute approximate surface area is 98.1 Å². The number of aromatic nitrogens is 1. The summed E-state index contributed by atoms with van der Waals surface area (Å²) in [5, 5.41) is 9.10. The fraction of sp³-hybridized carbons (Fsp3) is 0.154. The molecule has 0 atom stereocenters. The van der Waals surface area contributed by atoms with Gasteiger partial charge in [-0.25, -0.2) is 9.18 Å². The lowest BCUT2D eigenvalue weighted by Crippen LogP contribution is -1.96.